The van der Waals surface area contributed by atoms with E-state index in [-0.39, 0.29) is 46.6 Å². The lowest BCUT2D eigenvalue weighted by Crippen LogP contribution is -2.43. The van der Waals surface area contributed by atoms with Crippen molar-refractivity contribution < 1.29 is 49.1 Å². The average molecular weight is 636 g/mol. The van der Waals surface area contributed by atoms with Gasteiger partial charge in [0.1, 0.15) is 0 Å². The number of imide groups is 2. The van der Waals surface area contributed by atoms with Crippen LogP contribution < -0.4 is 25.5 Å². The standard InChI is InChI=1S/C33H30B2N2O10/c1-47-26-12-16(8-11-25(26)38)27-21-9-10-22-28(32(41)36(30(22)39)19-6-2-4-17(13-19)34(43)44)23(21)15-24-29(27)33(42)37(31(24)40)20-7-3-5-18(14-20)35(45)46/h2-9,11-14,22-24,27-29,38,43-46H,10,15H2,1H3/t22-,23+,24+,27-,28-,29+/m0/s1. The summed E-state index contributed by atoms with van der Waals surface area (Å²) in [7, 11) is -2.22. The van der Waals surface area contributed by atoms with Crippen molar-refractivity contribution in [1.29, 1.82) is 0 Å². The molecule has 0 spiro atoms. The van der Waals surface area contributed by atoms with Gasteiger partial charge in [0.15, 0.2) is 11.5 Å². The van der Waals surface area contributed by atoms with Gasteiger partial charge in [-0.15, -0.1) is 0 Å². The molecule has 2 aliphatic heterocycles. The first-order valence-electron chi connectivity index (χ1n) is 15.3. The summed E-state index contributed by atoms with van der Waals surface area (Å²) in [5, 5.41) is 49.3. The number of ether oxygens (including phenoxy) is 1. The van der Waals surface area contributed by atoms with Gasteiger partial charge < -0.3 is 29.9 Å². The second kappa shape index (κ2) is 11.5. The Hall–Kier alpha value is -4.75. The maximum Gasteiger partial charge on any atom is 0.488 e. The number of allylic oxidation sites excluding steroid dienone is 2. The Bertz CT molecular complexity index is 1860. The zero-order chi connectivity index (χ0) is 33.3. The Kier molecular flexibility index (Phi) is 7.55. The Labute approximate surface area is 269 Å². The van der Waals surface area contributed by atoms with Crippen LogP contribution in [0.3, 0.4) is 0 Å². The first-order valence-corrected chi connectivity index (χ1v) is 15.3. The van der Waals surface area contributed by atoms with E-state index in [0.29, 0.717) is 5.56 Å². The van der Waals surface area contributed by atoms with Crippen molar-refractivity contribution in [3.05, 3.63) is 83.9 Å². The molecule has 3 fully saturated rings. The number of anilines is 2. The van der Waals surface area contributed by atoms with E-state index in [2.05, 4.69) is 0 Å². The summed E-state index contributed by atoms with van der Waals surface area (Å²) in [6.07, 6.45) is 2.22. The van der Waals surface area contributed by atoms with Crippen molar-refractivity contribution in [1.82, 2.24) is 0 Å². The van der Waals surface area contributed by atoms with Gasteiger partial charge in [-0.3, -0.25) is 29.0 Å². The average Bonchev–Trinajstić information content (AvgIpc) is 3.47. The highest BCUT2D eigenvalue weighted by molar-refractivity contribution is 6.59. The number of benzene rings is 3. The first kappa shape index (κ1) is 30.9. The monoisotopic (exact) mass is 636 g/mol. The second-order valence-electron chi connectivity index (χ2n) is 12.4. The molecule has 0 unspecified atom stereocenters. The molecule has 2 heterocycles. The number of hydrogen-bond acceptors (Lipinski definition) is 10. The molecule has 4 aliphatic rings. The molecule has 7 rings (SSSR count). The van der Waals surface area contributed by atoms with Gasteiger partial charge in [0.25, 0.3) is 0 Å². The zero-order valence-electron chi connectivity index (χ0n) is 25.1. The van der Waals surface area contributed by atoms with Crippen molar-refractivity contribution in [2.24, 2.45) is 29.6 Å². The molecular weight excluding hydrogens is 606 g/mol. The van der Waals surface area contributed by atoms with Crippen LogP contribution in [0.5, 0.6) is 11.5 Å². The maximum atomic E-state index is 14.3. The van der Waals surface area contributed by atoms with Gasteiger partial charge in [0, 0.05) is 5.92 Å². The molecule has 238 valence electrons. The van der Waals surface area contributed by atoms with Crippen LogP contribution in [0.4, 0.5) is 11.4 Å². The Morgan fingerprint density at radius 3 is 1.85 bits per heavy atom. The number of amides is 4. The van der Waals surface area contributed by atoms with E-state index in [4.69, 9.17) is 4.74 Å². The first-order chi connectivity index (χ1) is 22.5. The third-order valence-corrected chi connectivity index (χ3v) is 10.1. The Morgan fingerprint density at radius 2 is 1.28 bits per heavy atom. The van der Waals surface area contributed by atoms with E-state index in [0.717, 1.165) is 15.4 Å². The molecule has 3 aromatic rings. The number of nitrogens with zero attached hydrogens (tertiary/aromatic N) is 2. The number of phenols is 1. The molecule has 14 heteroatoms. The van der Waals surface area contributed by atoms with Crippen molar-refractivity contribution >= 4 is 60.2 Å². The van der Waals surface area contributed by atoms with E-state index < -0.39 is 73.4 Å². The highest BCUT2D eigenvalue weighted by atomic mass is 16.5. The van der Waals surface area contributed by atoms with E-state index in [1.807, 2.05) is 6.08 Å². The zero-order valence-corrected chi connectivity index (χ0v) is 25.1. The van der Waals surface area contributed by atoms with Gasteiger partial charge in [-0.2, -0.15) is 0 Å². The van der Waals surface area contributed by atoms with Crippen LogP contribution in [0.1, 0.15) is 24.3 Å². The summed E-state index contributed by atoms with van der Waals surface area (Å²) >= 11 is 0. The minimum Gasteiger partial charge on any atom is -0.504 e. The number of carbonyl (C=O) groups excluding carboxylic acids is 4. The smallest absolute Gasteiger partial charge is 0.488 e. The van der Waals surface area contributed by atoms with Crippen LogP contribution in [0.2, 0.25) is 0 Å². The van der Waals surface area contributed by atoms with Gasteiger partial charge >= 0.3 is 14.2 Å². The van der Waals surface area contributed by atoms with Crippen LogP contribution in [0, 0.1) is 29.6 Å². The maximum absolute atomic E-state index is 14.3. The van der Waals surface area contributed by atoms with E-state index in [1.165, 1.54) is 55.6 Å². The summed E-state index contributed by atoms with van der Waals surface area (Å²) in [6, 6.07) is 16.5. The van der Waals surface area contributed by atoms with Crippen molar-refractivity contribution in [2.75, 3.05) is 16.9 Å². The Morgan fingerprint density at radius 1 is 0.702 bits per heavy atom. The fourth-order valence-corrected chi connectivity index (χ4v) is 8.01. The minimum atomic E-state index is -1.82. The highest BCUT2D eigenvalue weighted by Gasteiger charge is 2.62. The van der Waals surface area contributed by atoms with Gasteiger partial charge in [0.05, 0.1) is 42.2 Å². The summed E-state index contributed by atoms with van der Waals surface area (Å²) < 4.78 is 5.37. The van der Waals surface area contributed by atoms with Crippen molar-refractivity contribution in [3.63, 3.8) is 0 Å². The molecule has 5 N–H and O–H groups in total. The third kappa shape index (κ3) is 4.78. The number of rotatable bonds is 6. The Balaban J connectivity index is 1.33. The fourth-order valence-electron chi connectivity index (χ4n) is 8.01. The number of aromatic hydroxyl groups is 1. The quantitative estimate of drug-likeness (QED) is 0.138. The molecule has 0 radical (unpaired) electrons. The lowest BCUT2D eigenvalue weighted by Gasteiger charge is -2.44. The van der Waals surface area contributed by atoms with Crippen LogP contribution in [-0.4, -0.2) is 70.2 Å². The number of methoxy groups -OCH3 is 1. The molecule has 3 aromatic carbocycles. The number of phenolic OH excluding ortho intramolecular Hbond substituents is 1. The molecule has 47 heavy (non-hydrogen) atoms. The SMILES string of the molecule is COc1cc([C@H]2C3=CC[C@@H]4C(=O)N(c5cccc(B(O)O)c5)C(=O)[C@@H]4[C@@H]3C[C@H]3C(=O)N(c4cccc(B(O)O)c4)C(=O)[C@@H]23)ccc1O. The molecule has 2 aliphatic carbocycles. The van der Waals surface area contributed by atoms with E-state index in [9.17, 15) is 44.4 Å². The third-order valence-electron chi connectivity index (χ3n) is 10.1. The number of fused-ring (bicyclic) bond motifs is 4. The molecule has 6 atom stereocenters. The number of hydrogen-bond donors (Lipinski definition) is 5. The fraction of sp³-hybridized carbons (Fsp3) is 0.273. The predicted molar refractivity (Wildman–Crippen MR) is 170 cm³/mol. The largest absolute Gasteiger partial charge is 0.504 e. The van der Waals surface area contributed by atoms with Crippen LogP contribution in [0.25, 0.3) is 0 Å². The molecule has 12 nitrogen and oxygen atoms in total. The summed E-state index contributed by atoms with van der Waals surface area (Å²) in [5.41, 5.74) is 1.94. The summed E-state index contributed by atoms with van der Waals surface area (Å²) in [6.45, 7) is 0. The minimum absolute atomic E-state index is 0.102. The van der Waals surface area contributed by atoms with Gasteiger partial charge in [-0.25, -0.2) is 0 Å². The van der Waals surface area contributed by atoms with Crippen LogP contribution in [-0.2, 0) is 19.2 Å². The van der Waals surface area contributed by atoms with Gasteiger partial charge in [-0.05, 0) is 71.6 Å². The molecule has 2 saturated heterocycles. The second-order valence-corrected chi connectivity index (χ2v) is 12.4. The molecule has 0 aromatic heterocycles. The van der Waals surface area contributed by atoms with Crippen LogP contribution in [0.15, 0.2) is 78.4 Å². The predicted octanol–water partition coefficient (Wildman–Crippen LogP) is -0.194. The van der Waals surface area contributed by atoms with Crippen molar-refractivity contribution in [3.8, 4) is 11.5 Å². The van der Waals surface area contributed by atoms with Crippen molar-refractivity contribution in [2.45, 2.75) is 18.8 Å². The molecule has 4 amide bonds. The van der Waals surface area contributed by atoms with Gasteiger partial charge in [-0.1, -0.05) is 42.0 Å². The van der Waals surface area contributed by atoms with E-state index in [1.54, 1.807) is 18.2 Å². The van der Waals surface area contributed by atoms with Gasteiger partial charge in [0.2, 0.25) is 23.6 Å². The van der Waals surface area contributed by atoms with E-state index >= 15 is 0 Å². The normalized spacial score (nSPS) is 26.5. The lowest BCUT2D eigenvalue weighted by molar-refractivity contribution is -0.126. The summed E-state index contributed by atoms with van der Waals surface area (Å²) in [4.78, 5) is 58.6. The topological polar surface area (TPSA) is 185 Å². The lowest BCUT2D eigenvalue weighted by atomic mass is 9.57. The summed E-state index contributed by atoms with van der Waals surface area (Å²) in [5.74, 6) is -6.45. The highest BCUT2D eigenvalue weighted by Crippen LogP contribution is 2.58. The molecule has 0 bridgehead atoms. The number of carbonyl (C=O) groups is 4. The molecule has 1 saturated carbocycles. The molecular formula is C33H30B2N2O10. The van der Waals surface area contributed by atoms with Crippen LogP contribution >= 0.6 is 0 Å².